The Morgan fingerprint density at radius 2 is 1.85 bits per heavy atom. The normalized spacial score (nSPS) is 11.1. The van der Waals surface area contributed by atoms with E-state index in [0.717, 1.165) is 21.2 Å². The van der Waals surface area contributed by atoms with Crippen LogP contribution in [0.4, 0.5) is 5.69 Å². The lowest BCUT2D eigenvalue weighted by molar-refractivity contribution is -0.112. The zero-order valence-electron chi connectivity index (χ0n) is 14.9. The Morgan fingerprint density at radius 3 is 2.56 bits per heavy atom. The van der Waals surface area contributed by atoms with Gasteiger partial charge in [-0.3, -0.25) is 4.79 Å². The number of nitriles is 1. The van der Waals surface area contributed by atoms with Crippen molar-refractivity contribution in [1.29, 1.82) is 5.26 Å². The highest BCUT2D eigenvalue weighted by molar-refractivity contribution is 9.10. The van der Waals surface area contributed by atoms with Gasteiger partial charge in [0.1, 0.15) is 23.2 Å². The number of rotatable bonds is 4. The first kappa shape index (κ1) is 18.7. The molecule has 0 saturated carbocycles. The van der Waals surface area contributed by atoms with Gasteiger partial charge in [-0.1, -0.05) is 40.2 Å². The fourth-order valence-electron chi connectivity index (χ4n) is 2.55. The van der Waals surface area contributed by atoms with Gasteiger partial charge in [0.15, 0.2) is 0 Å². The van der Waals surface area contributed by atoms with E-state index in [1.54, 1.807) is 6.07 Å². The summed E-state index contributed by atoms with van der Waals surface area (Å²) in [5, 5.41) is 12.2. The zero-order chi connectivity index (χ0) is 19.4. The van der Waals surface area contributed by atoms with Crippen LogP contribution in [-0.2, 0) is 4.79 Å². The molecule has 1 N–H and O–H groups in total. The molecule has 1 aromatic heterocycles. The first-order valence-electron chi connectivity index (χ1n) is 8.32. The minimum atomic E-state index is -0.465. The van der Waals surface area contributed by atoms with Crippen LogP contribution < -0.4 is 5.32 Å². The van der Waals surface area contributed by atoms with Crippen LogP contribution in [-0.4, -0.2) is 5.91 Å². The molecule has 0 atom stereocenters. The molecule has 3 aromatic rings. The predicted molar refractivity (Wildman–Crippen MR) is 110 cm³/mol. The van der Waals surface area contributed by atoms with E-state index in [4.69, 9.17) is 4.42 Å². The van der Waals surface area contributed by atoms with Gasteiger partial charge in [-0.2, -0.15) is 5.26 Å². The van der Waals surface area contributed by atoms with E-state index in [1.807, 2.05) is 68.4 Å². The third-order valence-corrected chi connectivity index (χ3v) is 4.58. The van der Waals surface area contributed by atoms with Crippen molar-refractivity contribution in [2.24, 2.45) is 0 Å². The monoisotopic (exact) mass is 420 g/mol. The van der Waals surface area contributed by atoms with E-state index in [0.29, 0.717) is 17.2 Å². The van der Waals surface area contributed by atoms with Crippen LogP contribution in [0.1, 0.15) is 16.9 Å². The molecule has 134 valence electrons. The summed E-state index contributed by atoms with van der Waals surface area (Å²) in [7, 11) is 0. The number of nitrogens with zero attached hydrogens (tertiary/aromatic N) is 1. The predicted octanol–water partition coefficient (Wildman–Crippen LogP) is 5.87. The minimum absolute atomic E-state index is 0.0207. The van der Waals surface area contributed by atoms with Crippen LogP contribution >= 0.6 is 15.9 Å². The number of carbonyl (C=O) groups excluding carboxylic acids is 1. The molecule has 2 aromatic carbocycles. The molecule has 5 heteroatoms. The van der Waals surface area contributed by atoms with Crippen molar-refractivity contribution < 1.29 is 9.21 Å². The lowest BCUT2D eigenvalue weighted by atomic mass is 10.1. The fraction of sp³-hybridized carbons (Fsp3) is 0.0909. The summed E-state index contributed by atoms with van der Waals surface area (Å²) in [5.41, 5.74) is 3.55. The second kappa shape index (κ2) is 8.07. The Bertz CT molecular complexity index is 1060. The number of halogens is 1. The molecular weight excluding hydrogens is 404 g/mol. The van der Waals surface area contributed by atoms with E-state index in [9.17, 15) is 10.1 Å². The van der Waals surface area contributed by atoms with Crippen LogP contribution in [0.2, 0.25) is 0 Å². The highest BCUT2D eigenvalue weighted by atomic mass is 79.9. The first-order chi connectivity index (χ1) is 13.0. The van der Waals surface area contributed by atoms with Gasteiger partial charge >= 0.3 is 0 Å². The molecule has 0 aliphatic carbocycles. The lowest BCUT2D eigenvalue weighted by Crippen LogP contribution is -2.14. The average molecular weight is 421 g/mol. The fourth-order valence-corrected chi connectivity index (χ4v) is 2.82. The highest BCUT2D eigenvalue weighted by Gasteiger charge is 2.12. The maximum atomic E-state index is 12.5. The number of benzene rings is 2. The van der Waals surface area contributed by atoms with Crippen molar-refractivity contribution in [1.82, 2.24) is 0 Å². The average Bonchev–Trinajstić information content (AvgIpc) is 3.12. The molecule has 0 saturated heterocycles. The maximum Gasteiger partial charge on any atom is 0.266 e. The summed E-state index contributed by atoms with van der Waals surface area (Å²) in [4.78, 5) is 12.5. The van der Waals surface area contributed by atoms with Gasteiger partial charge in [0.05, 0.1) is 0 Å². The molecule has 0 spiro atoms. The summed E-state index contributed by atoms with van der Waals surface area (Å²) < 4.78 is 6.74. The highest BCUT2D eigenvalue weighted by Crippen LogP contribution is 2.25. The van der Waals surface area contributed by atoms with Crippen molar-refractivity contribution in [2.45, 2.75) is 13.8 Å². The summed E-state index contributed by atoms with van der Waals surface area (Å²) in [6.07, 6.45) is 1.45. The molecule has 0 fully saturated rings. The molecule has 0 aliphatic rings. The molecule has 0 aliphatic heterocycles. The molecule has 0 unspecified atom stereocenters. The van der Waals surface area contributed by atoms with Crippen LogP contribution in [0, 0.1) is 25.2 Å². The largest absolute Gasteiger partial charge is 0.457 e. The lowest BCUT2D eigenvalue weighted by Gasteiger charge is -2.08. The number of amides is 1. The number of carbonyl (C=O) groups is 1. The summed E-state index contributed by atoms with van der Waals surface area (Å²) in [6, 6.07) is 19.0. The number of hydrogen-bond acceptors (Lipinski definition) is 3. The van der Waals surface area contributed by atoms with E-state index < -0.39 is 5.91 Å². The second-order valence-corrected chi connectivity index (χ2v) is 7.07. The van der Waals surface area contributed by atoms with Crippen molar-refractivity contribution in [2.75, 3.05) is 5.32 Å². The number of aryl methyl sites for hydroxylation is 2. The van der Waals surface area contributed by atoms with Gasteiger partial charge < -0.3 is 9.73 Å². The third kappa shape index (κ3) is 4.55. The Morgan fingerprint density at radius 1 is 1.11 bits per heavy atom. The standard InChI is InChI=1S/C22H17BrN2O2/c1-14-3-4-15(2)20(11-14)25-22(26)17(13-24)12-19-9-10-21(27-19)16-5-7-18(23)8-6-16/h3-12H,1-2H3,(H,25,26)/b17-12+. The molecule has 0 radical (unpaired) electrons. The Kier molecular flexibility index (Phi) is 5.58. The number of furan rings is 1. The van der Waals surface area contributed by atoms with Gasteiger partial charge in [-0.15, -0.1) is 0 Å². The Hall–Kier alpha value is -3.10. The van der Waals surface area contributed by atoms with Gasteiger partial charge in [-0.25, -0.2) is 0 Å². The van der Waals surface area contributed by atoms with E-state index in [-0.39, 0.29) is 5.57 Å². The van der Waals surface area contributed by atoms with Crippen LogP contribution in [0.25, 0.3) is 17.4 Å². The van der Waals surface area contributed by atoms with E-state index in [2.05, 4.69) is 21.2 Å². The quantitative estimate of drug-likeness (QED) is 0.423. The van der Waals surface area contributed by atoms with Gasteiger partial charge in [0.2, 0.25) is 0 Å². The second-order valence-electron chi connectivity index (χ2n) is 6.15. The zero-order valence-corrected chi connectivity index (χ0v) is 16.5. The molecule has 27 heavy (non-hydrogen) atoms. The van der Waals surface area contributed by atoms with Crippen LogP contribution in [0.15, 0.2) is 69.1 Å². The van der Waals surface area contributed by atoms with Crippen LogP contribution in [0.5, 0.6) is 0 Å². The summed E-state index contributed by atoms with van der Waals surface area (Å²) in [6.45, 7) is 3.85. The topological polar surface area (TPSA) is 66.0 Å². The maximum absolute atomic E-state index is 12.5. The van der Waals surface area contributed by atoms with Crippen molar-refractivity contribution >= 4 is 33.6 Å². The van der Waals surface area contributed by atoms with E-state index in [1.165, 1.54) is 6.08 Å². The third-order valence-electron chi connectivity index (χ3n) is 4.05. The molecule has 1 amide bonds. The van der Waals surface area contributed by atoms with Crippen molar-refractivity contribution in [3.8, 4) is 17.4 Å². The van der Waals surface area contributed by atoms with Gasteiger partial charge in [0.25, 0.3) is 5.91 Å². The minimum Gasteiger partial charge on any atom is -0.457 e. The van der Waals surface area contributed by atoms with Crippen LogP contribution in [0.3, 0.4) is 0 Å². The van der Waals surface area contributed by atoms with E-state index >= 15 is 0 Å². The molecular formula is C22H17BrN2O2. The summed E-state index contributed by atoms with van der Waals surface area (Å²) >= 11 is 3.40. The van der Waals surface area contributed by atoms with Gasteiger partial charge in [-0.05, 0) is 55.3 Å². The summed E-state index contributed by atoms with van der Waals surface area (Å²) in [5.74, 6) is 0.648. The molecule has 0 bridgehead atoms. The van der Waals surface area contributed by atoms with Crippen molar-refractivity contribution in [3.05, 3.63) is 81.5 Å². The van der Waals surface area contributed by atoms with Gasteiger partial charge in [0, 0.05) is 21.8 Å². The molecule has 4 nitrogen and oxygen atoms in total. The smallest absolute Gasteiger partial charge is 0.266 e. The van der Waals surface area contributed by atoms with Crippen molar-refractivity contribution in [3.63, 3.8) is 0 Å². The SMILES string of the molecule is Cc1ccc(C)c(NC(=O)/C(C#N)=C/c2ccc(-c3ccc(Br)cc3)o2)c1. The molecule has 3 rings (SSSR count). The number of anilines is 1. The Balaban J connectivity index is 1.82. The number of hydrogen-bond donors (Lipinski definition) is 1. The first-order valence-corrected chi connectivity index (χ1v) is 9.12. The molecule has 1 heterocycles. The number of nitrogens with one attached hydrogen (secondary N) is 1. The Labute approximate surface area is 166 Å².